The van der Waals surface area contributed by atoms with Crippen LogP contribution in [0.4, 0.5) is 20.4 Å². The summed E-state index contributed by atoms with van der Waals surface area (Å²) in [6.07, 6.45) is 7.72. The van der Waals surface area contributed by atoms with E-state index in [4.69, 9.17) is 0 Å². The van der Waals surface area contributed by atoms with Crippen molar-refractivity contribution in [1.29, 1.82) is 0 Å². The summed E-state index contributed by atoms with van der Waals surface area (Å²) < 4.78 is 29.7. The van der Waals surface area contributed by atoms with Gasteiger partial charge in [0.15, 0.2) is 11.6 Å². The number of nitrogens with zero attached hydrogens (tertiary/aromatic N) is 3. The number of anilines is 2. The van der Waals surface area contributed by atoms with Crippen LogP contribution in [0, 0.1) is 17.7 Å². The van der Waals surface area contributed by atoms with Crippen LogP contribution in [-0.2, 0) is 4.79 Å². The van der Waals surface area contributed by atoms with E-state index < -0.39 is 11.8 Å². The zero-order valence-corrected chi connectivity index (χ0v) is 17.5. The monoisotopic (exact) mass is 438 g/mol. The molecule has 32 heavy (non-hydrogen) atoms. The van der Waals surface area contributed by atoms with Gasteiger partial charge in [-0.1, -0.05) is 12.5 Å². The molecule has 1 amide bonds. The Labute approximate surface area is 184 Å². The van der Waals surface area contributed by atoms with E-state index in [-0.39, 0.29) is 28.4 Å². The van der Waals surface area contributed by atoms with E-state index in [0.29, 0.717) is 23.1 Å². The molecule has 3 N–H and O–H groups in total. The molecular weight excluding hydrogens is 414 g/mol. The minimum absolute atomic E-state index is 0.0393. The van der Waals surface area contributed by atoms with Gasteiger partial charge >= 0.3 is 0 Å². The molecule has 0 spiro atoms. The van der Waals surface area contributed by atoms with E-state index in [9.17, 15) is 9.18 Å². The highest BCUT2D eigenvalue weighted by molar-refractivity contribution is 5.95. The first-order valence-corrected chi connectivity index (χ1v) is 11.0. The lowest BCUT2D eigenvalue weighted by molar-refractivity contribution is -0.122. The maximum absolute atomic E-state index is 15.2. The first-order chi connectivity index (χ1) is 15.6. The first-order valence-electron chi connectivity index (χ1n) is 11.0. The molecule has 3 heterocycles. The lowest BCUT2D eigenvalue weighted by atomic mass is 9.85. The Hall–Kier alpha value is -3.20. The molecule has 7 nitrogen and oxygen atoms in total. The number of amides is 1. The summed E-state index contributed by atoms with van der Waals surface area (Å²) in [6.45, 7) is 1.90. The predicted octanol–water partition coefficient (Wildman–Crippen LogP) is 3.87. The van der Waals surface area contributed by atoms with Crippen LogP contribution < -0.4 is 16.0 Å². The van der Waals surface area contributed by atoms with Gasteiger partial charge in [-0.05, 0) is 50.9 Å². The Balaban J connectivity index is 1.45. The fraction of sp³-hybridized carbons (Fsp3) is 0.391. The van der Waals surface area contributed by atoms with Crippen molar-refractivity contribution in [1.82, 2.24) is 20.3 Å². The summed E-state index contributed by atoms with van der Waals surface area (Å²) in [4.78, 5) is 24.7. The van der Waals surface area contributed by atoms with Crippen LogP contribution >= 0.6 is 0 Å². The molecule has 2 fully saturated rings. The Bertz CT molecular complexity index is 1160. The molecule has 1 saturated carbocycles. The Kier molecular flexibility index (Phi) is 5.65. The number of nitrogens with one attached hydrogen (secondary N) is 3. The average molecular weight is 438 g/mol. The van der Waals surface area contributed by atoms with E-state index in [2.05, 4.69) is 30.9 Å². The maximum atomic E-state index is 15.2. The zero-order chi connectivity index (χ0) is 22.1. The molecule has 1 aliphatic heterocycles. The van der Waals surface area contributed by atoms with E-state index in [1.54, 1.807) is 18.5 Å². The van der Waals surface area contributed by atoms with Crippen molar-refractivity contribution >= 4 is 28.3 Å². The van der Waals surface area contributed by atoms with Crippen molar-refractivity contribution in [3.63, 3.8) is 0 Å². The lowest BCUT2D eigenvalue weighted by Crippen LogP contribution is -2.35. The van der Waals surface area contributed by atoms with Gasteiger partial charge < -0.3 is 16.0 Å². The minimum atomic E-state index is -0.829. The number of hydrogen-bond acceptors (Lipinski definition) is 6. The van der Waals surface area contributed by atoms with Crippen molar-refractivity contribution in [2.75, 3.05) is 23.7 Å². The van der Waals surface area contributed by atoms with Crippen molar-refractivity contribution in [3.8, 4) is 11.3 Å². The van der Waals surface area contributed by atoms with Crippen LogP contribution in [0.1, 0.15) is 32.1 Å². The molecule has 0 unspecified atom stereocenters. The third-order valence-corrected chi connectivity index (χ3v) is 6.24. The van der Waals surface area contributed by atoms with Gasteiger partial charge in [0.1, 0.15) is 5.82 Å². The normalized spacial score (nSPS) is 17.2. The second kappa shape index (κ2) is 8.74. The van der Waals surface area contributed by atoms with Gasteiger partial charge in [0.25, 0.3) is 0 Å². The second-order valence-corrected chi connectivity index (χ2v) is 8.40. The highest BCUT2D eigenvalue weighted by Gasteiger charge is 2.27. The molecular formula is C23H24F2N6O. The average Bonchev–Trinajstić information content (AvgIpc) is 2.76. The molecule has 0 atom stereocenters. The third kappa shape index (κ3) is 4.12. The van der Waals surface area contributed by atoms with Crippen LogP contribution in [0.2, 0.25) is 0 Å². The van der Waals surface area contributed by atoms with Crippen molar-refractivity contribution in [3.05, 3.63) is 42.4 Å². The molecule has 1 aliphatic carbocycles. The topological polar surface area (TPSA) is 91.8 Å². The number of aromatic nitrogens is 3. The maximum Gasteiger partial charge on any atom is 0.228 e. The molecule has 9 heteroatoms. The predicted molar refractivity (Wildman–Crippen MR) is 118 cm³/mol. The summed E-state index contributed by atoms with van der Waals surface area (Å²) in [5, 5.41) is 9.25. The lowest BCUT2D eigenvalue weighted by Gasteiger charge is -2.24. The standard InChI is InChI=1S/C23H24F2N6O/c24-20-17-10-14(18-11-27-12-19(29-18)28-15-6-8-26-9-7-15)4-5-16(17)21(25)30-22(20)31-23(32)13-2-1-3-13/h4-5,10-13,15,26H,1-3,6-9H2,(H,28,29)(H,30,31,32). The number of pyridine rings is 1. The van der Waals surface area contributed by atoms with Crippen LogP contribution in [-0.4, -0.2) is 40.0 Å². The van der Waals surface area contributed by atoms with E-state index in [0.717, 1.165) is 45.2 Å². The summed E-state index contributed by atoms with van der Waals surface area (Å²) >= 11 is 0. The smallest absolute Gasteiger partial charge is 0.228 e. The number of carbonyl (C=O) groups is 1. The molecule has 166 valence electrons. The van der Waals surface area contributed by atoms with E-state index >= 15 is 4.39 Å². The van der Waals surface area contributed by atoms with Crippen LogP contribution in [0.15, 0.2) is 30.6 Å². The van der Waals surface area contributed by atoms with Gasteiger partial charge in [0.2, 0.25) is 11.9 Å². The fourth-order valence-electron chi connectivity index (χ4n) is 4.12. The van der Waals surface area contributed by atoms with Gasteiger partial charge in [-0.2, -0.15) is 9.37 Å². The second-order valence-electron chi connectivity index (χ2n) is 8.40. The number of rotatable bonds is 5. The Morgan fingerprint density at radius 3 is 2.59 bits per heavy atom. The highest BCUT2D eigenvalue weighted by Crippen LogP contribution is 2.31. The zero-order valence-electron chi connectivity index (χ0n) is 17.5. The summed E-state index contributed by atoms with van der Waals surface area (Å²) in [5.41, 5.74) is 1.14. The summed E-state index contributed by atoms with van der Waals surface area (Å²) in [6, 6.07) is 4.98. The van der Waals surface area contributed by atoms with Crippen LogP contribution in [0.5, 0.6) is 0 Å². The third-order valence-electron chi connectivity index (χ3n) is 6.24. The van der Waals surface area contributed by atoms with E-state index in [1.165, 1.54) is 12.1 Å². The van der Waals surface area contributed by atoms with Crippen molar-refractivity contribution in [2.45, 2.75) is 38.1 Å². The van der Waals surface area contributed by atoms with Crippen molar-refractivity contribution in [2.24, 2.45) is 5.92 Å². The Morgan fingerprint density at radius 2 is 1.84 bits per heavy atom. The molecule has 1 saturated heterocycles. The molecule has 0 bridgehead atoms. The number of carbonyl (C=O) groups excluding carboxylic acids is 1. The van der Waals surface area contributed by atoms with Crippen molar-refractivity contribution < 1.29 is 13.6 Å². The molecule has 2 aliphatic rings. The number of hydrogen-bond donors (Lipinski definition) is 3. The Morgan fingerprint density at radius 1 is 1.03 bits per heavy atom. The number of halogens is 2. The molecule has 2 aromatic heterocycles. The fourth-order valence-corrected chi connectivity index (χ4v) is 4.12. The van der Waals surface area contributed by atoms with Gasteiger partial charge in [-0.15, -0.1) is 0 Å². The van der Waals surface area contributed by atoms with Crippen LogP contribution in [0.3, 0.4) is 0 Å². The quantitative estimate of drug-likeness (QED) is 0.524. The molecule has 0 radical (unpaired) electrons. The molecule has 5 rings (SSSR count). The summed E-state index contributed by atoms with van der Waals surface area (Å²) in [7, 11) is 0. The molecule has 1 aromatic carbocycles. The van der Waals surface area contributed by atoms with Gasteiger partial charge in [-0.25, -0.2) is 9.37 Å². The molecule has 3 aromatic rings. The number of piperidine rings is 1. The number of fused-ring (bicyclic) bond motifs is 1. The highest BCUT2D eigenvalue weighted by atomic mass is 19.1. The van der Waals surface area contributed by atoms with Crippen LogP contribution in [0.25, 0.3) is 22.0 Å². The minimum Gasteiger partial charge on any atom is -0.366 e. The summed E-state index contributed by atoms with van der Waals surface area (Å²) in [5.74, 6) is -1.80. The number of benzene rings is 1. The van der Waals surface area contributed by atoms with Gasteiger partial charge in [-0.3, -0.25) is 9.78 Å². The van der Waals surface area contributed by atoms with E-state index in [1.807, 2.05) is 0 Å². The van der Waals surface area contributed by atoms with Gasteiger partial charge in [0.05, 0.1) is 18.1 Å². The largest absolute Gasteiger partial charge is 0.366 e. The SMILES string of the molecule is O=C(Nc1nc(F)c2ccc(-c3cncc(NC4CCNCC4)n3)cc2c1F)C1CCC1. The van der Waals surface area contributed by atoms with Gasteiger partial charge in [0, 0.05) is 28.3 Å². The first kappa shape index (κ1) is 20.7.